The molecule has 0 aliphatic heterocycles. The predicted octanol–water partition coefficient (Wildman–Crippen LogP) is 3.27. The van der Waals surface area contributed by atoms with Crippen molar-refractivity contribution in [2.75, 3.05) is 5.43 Å². The van der Waals surface area contributed by atoms with Crippen molar-refractivity contribution in [3.8, 4) is 0 Å². The molecule has 0 bridgehead atoms. The summed E-state index contributed by atoms with van der Waals surface area (Å²) in [6, 6.07) is 8.43. The molecule has 21 heavy (non-hydrogen) atoms. The van der Waals surface area contributed by atoms with E-state index in [2.05, 4.69) is 63.2 Å². The summed E-state index contributed by atoms with van der Waals surface area (Å²) in [5.41, 5.74) is 7.33. The van der Waals surface area contributed by atoms with Crippen LogP contribution in [0.5, 0.6) is 0 Å². The van der Waals surface area contributed by atoms with Crippen molar-refractivity contribution in [2.45, 2.75) is 46.5 Å². The number of hydrogen-bond acceptors (Lipinski definition) is 4. The summed E-state index contributed by atoms with van der Waals surface area (Å²) in [6.07, 6.45) is 0.709. The van der Waals surface area contributed by atoms with Gasteiger partial charge in [0.15, 0.2) is 0 Å². The standard InChI is InChI=1S/C17H24N4/c1-11-6-12(2)8-13(7-11)9-15-19-14(17(3,4)5)10-16(20-15)21-18/h6-8,10H,9,18H2,1-5H3,(H,19,20,21). The molecule has 2 rings (SSSR count). The largest absolute Gasteiger partial charge is 0.308 e. The summed E-state index contributed by atoms with van der Waals surface area (Å²) >= 11 is 0. The molecule has 0 aliphatic rings. The van der Waals surface area contributed by atoms with Crippen LogP contribution in [0.15, 0.2) is 24.3 Å². The van der Waals surface area contributed by atoms with E-state index >= 15 is 0 Å². The highest BCUT2D eigenvalue weighted by Crippen LogP contribution is 2.23. The predicted molar refractivity (Wildman–Crippen MR) is 87.3 cm³/mol. The van der Waals surface area contributed by atoms with Crippen LogP contribution in [0.4, 0.5) is 5.82 Å². The molecule has 0 saturated carbocycles. The lowest BCUT2D eigenvalue weighted by atomic mass is 9.92. The molecule has 0 fully saturated rings. The average molecular weight is 284 g/mol. The number of anilines is 1. The zero-order valence-electron chi connectivity index (χ0n) is 13.5. The molecular weight excluding hydrogens is 260 g/mol. The molecule has 0 aliphatic carbocycles. The van der Waals surface area contributed by atoms with Crippen LogP contribution in [0.1, 0.15) is 49.0 Å². The van der Waals surface area contributed by atoms with E-state index in [4.69, 9.17) is 10.8 Å². The second-order valence-corrected chi connectivity index (χ2v) is 6.62. The highest BCUT2D eigenvalue weighted by molar-refractivity contribution is 5.38. The van der Waals surface area contributed by atoms with Crippen molar-refractivity contribution in [3.63, 3.8) is 0 Å². The van der Waals surface area contributed by atoms with E-state index in [0.717, 1.165) is 11.5 Å². The number of nitrogens with zero attached hydrogens (tertiary/aromatic N) is 2. The lowest BCUT2D eigenvalue weighted by Crippen LogP contribution is -2.18. The van der Waals surface area contributed by atoms with Crippen molar-refractivity contribution in [2.24, 2.45) is 5.84 Å². The van der Waals surface area contributed by atoms with Crippen LogP contribution in [0.25, 0.3) is 0 Å². The molecule has 3 N–H and O–H groups in total. The van der Waals surface area contributed by atoms with Gasteiger partial charge in [0, 0.05) is 17.9 Å². The molecule has 1 aromatic heterocycles. The molecule has 0 saturated heterocycles. The van der Waals surface area contributed by atoms with E-state index < -0.39 is 0 Å². The van der Waals surface area contributed by atoms with Gasteiger partial charge in [-0.05, 0) is 19.4 Å². The fourth-order valence-electron chi connectivity index (χ4n) is 2.39. The lowest BCUT2D eigenvalue weighted by molar-refractivity contribution is 0.563. The number of benzene rings is 1. The number of nitrogens with one attached hydrogen (secondary N) is 1. The quantitative estimate of drug-likeness (QED) is 0.670. The Morgan fingerprint density at radius 3 is 2.14 bits per heavy atom. The van der Waals surface area contributed by atoms with E-state index in [0.29, 0.717) is 12.2 Å². The Labute approximate surface area is 126 Å². The normalized spacial score (nSPS) is 11.5. The molecule has 0 unspecified atom stereocenters. The number of aromatic nitrogens is 2. The van der Waals surface area contributed by atoms with Crippen LogP contribution in [0.3, 0.4) is 0 Å². The summed E-state index contributed by atoms with van der Waals surface area (Å²) in [7, 11) is 0. The van der Waals surface area contributed by atoms with Gasteiger partial charge in [-0.25, -0.2) is 15.8 Å². The summed E-state index contributed by atoms with van der Waals surface area (Å²) in [4.78, 5) is 9.17. The van der Waals surface area contributed by atoms with Crippen molar-refractivity contribution >= 4 is 5.82 Å². The molecule has 4 nitrogen and oxygen atoms in total. The third-order valence-electron chi connectivity index (χ3n) is 3.33. The van der Waals surface area contributed by atoms with Crippen molar-refractivity contribution in [3.05, 3.63) is 52.5 Å². The van der Waals surface area contributed by atoms with Crippen LogP contribution in [-0.2, 0) is 11.8 Å². The first kappa shape index (κ1) is 15.4. The highest BCUT2D eigenvalue weighted by Gasteiger charge is 2.18. The van der Waals surface area contributed by atoms with E-state index in [-0.39, 0.29) is 5.41 Å². The fourth-order valence-corrected chi connectivity index (χ4v) is 2.39. The third kappa shape index (κ3) is 4.02. The van der Waals surface area contributed by atoms with E-state index in [1.54, 1.807) is 0 Å². The first-order valence-electron chi connectivity index (χ1n) is 7.20. The number of hydrazine groups is 1. The maximum absolute atomic E-state index is 5.53. The summed E-state index contributed by atoms with van der Waals surface area (Å²) in [5, 5.41) is 0. The second-order valence-electron chi connectivity index (χ2n) is 6.62. The Morgan fingerprint density at radius 1 is 1.00 bits per heavy atom. The van der Waals surface area contributed by atoms with Gasteiger partial charge in [-0.1, -0.05) is 50.1 Å². The minimum atomic E-state index is -0.0359. The van der Waals surface area contributed by atoms with Crippen LogP contribution < -0.4 is 11.3 Å². The Morgan fingerprint density at radius 2 is 1.62 bits per heavy atom. The number of rotatable bonds is 3. The van der Waals surface area contributed by atoms with E-state index in [1.807, 2.05) is 6.07 Å². The van der Waals surface area contributed by atoms with Gasteiger partial charge in [0.05, 0.1) is 5.69 Å². The topological polar surface area (TPSA) is 63.8 Å². The van der Waals surface area contributed by atoms with Gasteiger partial charge in [-0.2, -0.15) is 0 Å². The Hall–Kier alpha value is -1.94. The SMILES string of the molecule is Cc1cc(C)cc(Cc2nc(NN)cc(C(C)(C)C)n2)c1. The molecule has 0 spiro atoms. The first-order chi connectivity index (χ1) is 9.77. The Kier molecular flexibility index (Phi) is 4.28. The van der Waals surface area contributed by atoms with Crippen molar-refractivity contribution in [1.82, 2.24) is 9.97 Å². The average Bonchev–Trinajstić information content (AvgIpc) is 2.36. The monoisotopic (exact) mass is 284 g/mol. The minimum absolute atomic E-state index is 0.0359. The van der Waals surface area contributed by atoms with Gasteiger partial charge in [-0.3, -0.25) is 0 Å². The maximum atomic E-state index is 5.53. The lowest BCUT2D eigenvalue weighted by Gasteiger charge is -2.19. The molecule has 0 atom stereocenters. The molecular formula is C17H24N4. The Balaban J connectivity index is 2.39. The van der Waals surface area contributed by atoms with Gasteiger partial charge < -0.3 is 5.43 Å². The molecule has 112 valence electrons. The van der Waals surface area contributed by atoms with Crippen LogP contribution >= 0.6 is 0 Å². The van der Waals surface area contributed by atoms with Gasteiger partial charge in [0.25, 0.3) is 0 Å². The van der Waals surface area contributed by atoms with Gasteiger partial charge >= 0.3 is 0 Å². The highest BCUT2D eigenvalue weighted by atomic mass is 15.3. The molecule has 1 heterocycles. The summed E-state index contributed by atoms with van der Waals surface area (Å²) < 4.78 is 0. The molecule has 0 radical (unpaired) electrons. The molecule has 2 aromatic rings. The first-order valence-corrected chi connectivity index (χ1v) is 7.20. The second kappa shape index (κ2) is 5.82. The zero-order valence-corrected chi connectivity index (χ0v) is 13.5. The van der Waals surface area contributed by atoms with Crippen LogP contribution in [-0.4, -0.2) is 9.97 Å². The summed E-state index contributed by atoms with van der Waals surface area (Å²) in [6.45, 7) is 10.6. The van der Waals surface area contributed by atoms with Gasteiger partial charge in [0.2, 0.25) is 0 Å². The van der Waals surface area contributed by atoms with E-state index in [1.165, 1.54) is 16.7 Å². The number of nitrogens with two attached hydrogens (primary N) is 1. The van der Waals surface area contributed by atoms with Crippen molar-refractivity contribution < 1.29 is 0 Å². The molecule has 0 amide bonds. The van der Waals surface area contributed by atoms with Crippen LogP contribution in [0.2, 0.25) is 0 Å². The number of aryl methyl sites for hydroxylation is 2. The van der Waals surface area contributed by atoms with Crippen molar-refractivity contribution in [1.29, 1.82) is 0 Å². The zero-order chi connectivity index (χ0) is 15.6. The molecule has 1 aromatic carbocycles. The minimum Gasteiger partial charge on any atom is -0.308 e. The third-order valence-corrected chi connectivity index (χ3v) is 3.33. The summed E-state index contributed by atoms with van der Waals surface area (Å²) in [5.74, 6) is 6.99. The van der Waals surface area contributed by atoms with Crippen LogP contribution in [0, 0.1) is 13.8 Å². The maximum Gasteiger partial charge on any atom is 0.143 e. The Bertz CT molecular complexity index is 621. The van der Waals surface area contributed by atoms with E-state index in [9.17, 15) is 0 Å². The fraction of sp³-hybridized carbons (Fsp3) is 0.412. The number of nitrogen functional groups attached to an aromatic ring is 1. The smallest absolute Gasteiger partial charge is 0.143 e. The molecule has 4 heteroatoms. The van der Waals surface area contributed by atoms with Gasteiger partial charge in [-0.15, -0.1) is 0 Å². The number of hydrogen-bond donors (Lipinski definition) is 2. The van der Waals surface area contributed by atoms with Gasteiger partial charge in [0.1, 0.15) is 11.6 Å².